The lowest BCUT2D eigenvalue weighted by molar-refractivity contribution is -0.118. The average molecular weight is 359 g/mol. The van der Waals surface area contributed by atoms with E-state index in [1.165, 1.54) is 0 Å². The van der Waals surface area contributed by atoms with Gasteiger partial charge in [-0.25, -0.2) is 0 Å². The summed E-state index contributed by atoms with van der Waals surface area (Å²) in [6.45, 7) is 0. The van der Waals surface area contributed by atoms with E-state index in [1.54, 1.807) is 24.3 Å². The van der Waals surface area contributed by atoms with Gasteiger partial charge in [-0.05, 0) is 54.8 Å². The summed E-state index contributed by atoms with van der Waals surface area (Å²) in [5.74, 6) is -0.497. The lowest BCUT2D eigenvalue weighted by Gasteiger charge is -2.16. The molecule has 0 saturated heterocycles. The van der Waals surface area contributed by atoms with E-state index >= 15 is 0 Å². The Morgan fingerprint density at radius 2 is 1.77 bits per heavy atom. The van der Waals surface area contributed by atoms with Crippen molar-refractivity contribution in [2.45, 2.75) is 18.3 Å². The number of carbonyl (C=O) groups excluding carboxylic acids is 2. The van der Waals surface area contributed by atoms with Crippen LogP contribution in [0.25, 0.3) is 0 Å². The average Bonchev–Trinajstić information content (AvgIpc) is 3.29. The van der Waals surface area contributed by atoms with Gasteiger partial charge in [0.05, 0.1) is 5.41 Å². The minimum atomic E-state index is -0.481. The van der Waals surface area contributed by atoms with Gasteiger partial charge in [0.1, 0.15) is 0 Å². The van der Waals surface area contributed by atoms with Crippen molar-refractivity contribution >= 4 is 33.4 Å². The summed E-state index contributed by atoms with van der Waals surface area (Å²) in [4.78, 5) is 23.7. The van der Waals surface area contributed by atoms with Gasteiger partial charge < -0.3 is 11.1 Å². The number of anilines is 1. The van der Waals surface area contributed by atoms with Crippen LogP contribution < -0.4 is 11.1 Å². The van der Waals surface area contributed by atoms with Gasteiger partial charge in [-0.1, -0.05) is 28.1 Å². The van der Waals surface area contributed by atoms with Crippen LogP contribution in [0, 0.1) is 0 Å². The van der Waals surface area contributed by atoms with Crippen molar-refractivity contribution in [3.63, 3.8) is 0 Å². The predicted octanol–water partition coefficient (Wildman–Crippen LogP) is 3.22. The summed E-state index contributed by atoms with van der Waals surface area (Å²) in [7, 11) is 0. The molecular formula is C17H15BrN2O2. The van der Waals surface area contributed by atoms with E-state index in [-0.39, 0.29) is 5.91 Å². The highest BCUT2D eigenvalue weighted by Crippen LogP contribution is 2.49. The smallest absolute Gasteiger partial charge is 0.248 e. The summed E-state index contributed by atoms with van der Waals surface area (Å²) >= 11 is 3.44. The Bertz CT molecular complexity index is 737. The Labute approximate surface area is 136 Å². The molecule has 0 heterocycles. The molecule has 0 spiro atoms. The first-order valence-corrected chi connectivity index (χ1v) is 7.78. The van der Waals surface area contributed by atoms with Crippen LogP contribution in [0.2, 0.25) is 0 Å². The second-order valence-electron chi connectivity index (χ2n) is 5.49. The number of rotatable bonds is 4. The third-order valence-electron chi connectivity index (χ3n) is 3.99. The molecule has 3 rings (SSSR count). The van der Waals surface area contributed by atoms with Crippen molar-refractivity contribution in [3.8, 4) is 0 Å². The highest BCUT2D eigenvalue weighted by Gasteiger charge is 2.51. The highest BCUT2D eigenvalue weighted by atomic mass is 79.9. The normalized spacial score (nSPS) is 15.1. The van der Waals surface area contributed by atoms with Crippen LogP contribution in [0.3, 0.4) is 0 Å². The number of hydrogen-bond donors (Lipinski definition) is 2. The second-order valence-corrected chi connectivity index (χ2v) is 6.40. The van der Waals surface area contributed by atoms with Crippen molar-refractivity contribution in [2.75, 3.05) is 5.32 Å². The summed E-state index contributed by atoms with van der Waals surface area (Å²) in [6, 6.07) is 14.4. The molecule has 22 heavy (non-hydrogen) atoms. The van der Waals surface area contributed by atoms with Gasteiger partial charge in [-0.3, -0.25) is 9.59 Å². The maximum absolute atomic E-state index is 12.6. The molecular weight excluding hydrogens is 344 g/mol. The molecule has 5 heteroatoms. The van der Waals surface area contributed by atoms with E-state index in [4.69, 9.17) is 5.73 Å². The molecule has 112 valence electrons. The van der Waals surface area contributed by atoms with Crippen molar-refractivity contribution in [1.29, 1.82) is 0 Å². The lowest BCUT2D eigenvalue weighted by Crippen LogP contribution is -2.27. The van der Waals surface area contributed by atoms with Gasteiger partial charge in [0, 0.05) is 15.7 Å². The molecule has 2 amide bonds. The van der Waals surface area contributed by atoms with E-state index in [2.05, 4.69) is 21.2 Å². The third kappa shape index (κ3) is 2.76. The van der Waals surface area contributed by atoms with Crippen molar-refractivity contribution < 1.29 is 9.59 Å². The molecule has 2 aromatic rings. The van der Waals surface area contributed by atoms with E-state index < -0.39 is 11.3 Å². The molecule has 2 aromatic carbocycles. The Morgan fingerprint density at radius 1 is 1.09 bits per heavy atom. The molecule has 1 aliphatic carbocycles. The van der Waals surface area contributed by atoms with Crippen LogP contribution in [0.5, 0.6) is 0 Å². The van der Waals surface area contributed by atoms with Gasteiger partial charge in [-0.15, -0.1) is 0 Å². The van der Waals surface area contributed by atoms with Gasteiger partial charge in [0.15, 0.2) is 0 Å². The van der Waals surface area contributed by atoms with Crippen LogP contribution in [0.1, 0.15) is 28.8 Å². The molecule has 0 aromatic heterocycles. The number of nitrogens with one attached hydrogen (secondary N) is 1. The summed E-state index contributed by atoms with van der Waals surface area (Å²) in [6.07, 6.45) is 1.68. The number of nitrogens with two attached hydrogens (primary N) is 1. The Morgan fingerprint density at radius 3 is 2.32 bits per heavy atom. The molecule has 1 fully saturated rings. The highest BCUT2D eigenvalue weighted by molar-refractivity contribution is 9.10. The van der Waals surface area contributed by atoms with Crippen LogP contribution in [-0.4, -0.2) is 11.8 Å². The minimum absolute atomic E-state index is 0.0163. The zero-order valence-corrected chi connectivity index (χ0v) is 13.4. The number of primary amides is 1. The van der Waals surface area contributed by atoms with Crippen LogP contribution >= 0.6 is 15.9 Å². The van der Waals surface area contributed by atoms with E-state index in [0.717, 1.165) is 22.9 Å². The van der Waals surface area contributed by atoms with Gasteiger partial charge >= 0.3 is 0 Å². The molecule has 3 N–H and O–H groups in total. The maximum atomic E-state index is 12.6. The number of halogens is 1. The Balaban J connectivity index is 1.78. The van der Waals surface area contributed by atoms with Crippen molar-refractivity contribution in [3.05, 3.63) is 64.1 Å². The third-order valence-corrected chi connectivity index (χ3v) is 4.48. The number of amides is 2. The molecule has 1 aliphatic rings. The molecule has 0 radical (unpaired) electrons. The summed E-state index contributed by atoms with van der Waals surface area (Å²) < 4.78 is 0.967. The maximum Gasteiger partial charge on any atom is 0.248 e. The van der Waals surface area contributed by atoms with E-state index in [0.29, 0.717) is 11.3 Å². The predicted molar refractivity (Wildman–Crippen MR) is 88.6 cm³/mol. The summed E-state index contributed by atoms with van der Waals surface area (Å²) in [5.41, 5.74) is 6.87. The summed E-state index contributed by atoms with van der Waals surface area (Å²) in [5, 5.41) is 2.92. The first-order chi connectivity index (χ1) is 10.5. The van der Waals surface area contributed by atoms with Crippen LogP contribution in [-0.2, 0) is 10.2 Å². The zero-order chi connectivity index (χ0) is 15.7. The lowest BCUT2D eigenvalue weighted by atomic mass is 9.95. The molecule has 4 nitrogen and oxygen atoms in total. The van der Waals surface area contributed by atoms with Gasteiger partial charge in [0.2, 0.25) is 11.8 Å². The SMILES string of the molecule is NC(=O)c1ccc(NC(=O)C2(c3cccc(Br)c3)CC2)cc1. The quantitative estimate of drug-likeness (QED) is 0.880. The zero-order valence-electron chi connectivity index (χ0n) is 11.8. The molecule has 0 bridgehead atoms. The number of hydrogen-bond acceptors (Lipinski definition) is 2. The van der Waals surface area contributed by atoms with Crippen LogP contribution in [0.4, 0.5) is 5.69 Å². The number of carbonyl (C=O) groups is 2. The second kappa shape index (κ2) is 5.57. The standard InChI is InChI=1S/C17H15BrN2O2/c18-13-3-1-2-12(10-13)17(8-9-17)16(22)20-14-6-4-11(5-7-14)15(19)21/h1-7,10H,8-9H2,(H2,19,21)(H,20,22). The molecule has 0 atom stereocenters. The van der Waals surface area contributed by atoms with Crippen LogP contribution in [0.15, 0.2) is 53.0 Å². The fraction of sp³-hybridized carbons (Fsp3) is 0.176. The first-order valence-electron chi connectivity index (χ1n) is 6.99. The Hall–Kier alpha value is -2.14. The van der Waals surface area contributed by atoms with Crippen molar-refractivity contribution in [1.82, 2.24) is 0 Å². The van der Waals surface area contributed by atoms with Gasteiger partial charge in [0.25, 0.3) is 0 Å². The van der Waals surface area contributed by atoms with E-state index in [9.17, 15) is 9.59 Å². The minimum Gasteiger partial charge on any atom is -0.366 e. The fourth-order valence-electron chi connectivity index (χ4n) is 2.53. The fourth-order valence-corrected chi connectivity index (χ4v) is 2.93. The molecule has 0 aliphatic heterocycles. The van der Waals surface area contributed by atoms with Crippen molar-refractivity contribution in [2.24, 2.45) is 5.73 Å². The van der Waals surface area contributed by atoms with Gasteiger partial charge in [-0.2, -0.15) is 0 Å². The van der Waals surface area contributed by atoms with E-state index in [1.807, 2.05) is 24.3 Å². The molecule has 0 unspecified atom stereocenters. The topological polar surface area (TPSA) is 72.2 Å². The monoisotopic (exact) mass is 358 g/mol. The largest absolute Gasteiger partial charge is 0.366 e. The first kappa shape index (κ1) is 14.8. The Kier molecular flexibility index (Phi) is 3.74. The molecule has 1 saturated carbocycles. The number of benzene rings is 2.